The number of primary amides is 1. The molecular formula is C11H15ClN2O3S. The number of benzene rings is 1. The maximum atomic E-state index is 11.6. The smallest absolute Gasteiger partial charge is 0.234 e. The second-order valence-electron chi connectivity index (χ2n) is 3.99. The summed E-state index contributed by atoms with van der Waals surface area (Å²) in [4.78, 5) is 11.0. The first-order valence-electron chi connectivity index (χ1n) is 5.23. The van der Waals surface area contributed by atoms with Crippen molar-refractivity contribution in [2.24, 2.45) is 5.73 Å². The highest BCUT2D eigenvalue weighted by molar-refractivity contribution is 7.90. The van der Waals surface area contributed by atoms with Gasteiger partial charge in [0.1, 0.15) is 0 Å². The Labute approximate surface area is 111 Å². The van der Waals surface area contributed by atoms with Gasteiger partial charge in [-0.2, -0.15) is 0 Å². The van der Waals surface area contributed by atoms with Crippen LogP contribution in [0.4, 0.5) is 0 Å². The zero-order valence-corrected chi connectivity index (χ0v) is 11.7. The highest BCUT2D eigenvalue weighted by Gasteiger charge is 2.17. The van der Waals surface area contributed by atoms with Crippen molar-refractivity contribution in [1.82, 2.24) is 5.32 Å². The SMILES string of the molecule is CC(NCc1c(Cl)cccc1S(C)(=O)=O)C(N)=O. The number of nitrogens with one attached hydrogen (secondary N) is 1. The van der Waals surface area contributed by atoms with Crippen LogP contribution in [0.25, 0.3) is 0 Å². The molecule has 0 aliphatic rings. The molecule has 1 aromatic rings. The average molecular weight is 291 g/mol. The van der Waals surface area contributed by atoms with Gasteiger partial charge in [-0.3, -0.25) is 4.79 Å². The van der Waals surface area contributed by atoms with Crippen molar-refractivity contribution in [2.45, 2.75) is 24.4 Å². The molecule has 0 aliphatic heterocycles. The first kappa shape index (κ1) is 14.9. The van der Waals surface area contributed by atoms with Crippen LogP contribution in [0.15, 0.2) is 23.1 Å². The molecule has 0 saturated heterocycles. The Morgan fingerprint density at radius 3 is 2.61 bits per heavy atom. The van der Waals surface area contributed by atoms with E-state index >= 15 is 0 Å². The molecule has 7 heteroatoms. The van der Waals surface area contributed by atoms with Crippen LogP contribution >= 0.6 is 11.6 Å². The third-order valence-electron chi connectivity index (χ3n) is 2.49. The Bertz CT molecular complexity index is 557. The lowest BCUT2D eigenvalue weighted by atomic mass is 10.2. The quantitative estimate of drug-likeness (QED) is 0.836. The van der Waals surface area contributed by atoms with Gasteiger partial charge in [-0.15, -0.1) is 0 Å². The van der Waals surface area contributed by atoms with Crippen LogP contribution in [0.3, 0.4) is 0 Å². The monoisotopic (exact) mass is 290 g/mol. The molecule has 1 atom stereocenters. The van der Waals surface area contributed by atoms with E-state index in [0.717, 1.165) is 6.26 Å². The molecule has 1 unspecified atom stereocenters. The minimum absolute atomic E-state index is 0.152. The second-order valence-corrected chi connectivity index (χ2v) is 6.39. The van der Waals surface area contributed by atoms with E-state index in [1.165, 1.54) is 6.07 Å². The molecule has 5 nitrogen and oxygen atoms in total. The molecule has 0 bridgehead atoms. The summed E-state index contributed by atoms with van der Waals surface area (Å²) < 4.78 is 23.2. The molecule has 100 valence electrons. The molecule has 0 fully saturated rings. The summed E-state index contributed by atoms with van der Waals surface area (Å²) in [6, 6.07) is 4.09. The summed E-state index contributed by atoms with van der Waals surface area (Å²) in [5, 5.41) is 3.16. The molecule has 1 amide bonds. The first-order chi connectivity index (χ1) is 8.23. The molecule has 1 rings (SSSR count). The van der Waals surface area contributed by atoms with Gasteiger partial charge in [0.05, 0.1) is 10.9 Å². The summed E-state index contributed by atoms with van der Waals surface area (Å²) in [5.41, 5.74) is 5.55. The van der Waals surface area contributed by atoms with E-state index in [-0.39, 0.29) is 11.4 Å². The lowest BCUT2D eigenvalue weighted by Crippen LogP contribution is -2.38. The fraction of sp³-hybridized carbons (Fsp3) is 0.364. The molecular weight excluding hydrogens is 276 g/mol. The van der Waals surface area contributed by atoms with Gasteiger partial charge in [-0.25, -0.2) is 8.42 Å². The zero-order chi connectivity index (χ0) is 13.9. The Morgan fingerprint density at radius 1 is 1.50 bits per heavy atom. The van der Waals surface area contributed by atoms with Crippen molar-refractivity contribution in [3.05, 3.63) is 28.8 Å². The van der Waals surface area contributed by atoms with Crippen LogP contribution in [0.1, 0.15) is 12.5 Å². The molecule has 1 aromatic carbocycles. The van der Waals surface area contributed by atoms with E-state index in [1.807, 2.05) is 0 Å². The van der Waals surface area contributed by atoms with Gasteiger partial charge in [-0.1, -0.05) is 17.7 Å². The maximum absolute atomic E-state index is 11.6. The van der Waals surface area contributed by atoms with E-state index in [4.69, 9.17) is 17.3 Å². The van der Waals surface area contributed by atoms with E-state index < -0.39 is 21.8 Å². The number of carbonyl (C=O) groups excluding carboxylic acids is 1. The molecule has 0 aliphatic carbocycles. The summed E-state index contributed by atoms with van der Waals surface area (Å²) >= 11 is 5.98. The standard InChI is InChI=1S/C11H15ClN2O3S/c1-7(11(13)15)14-6-8-9(12)4-3-5-10(8)18(2,16)17/h3-5,7,14H,6H2,1-2H3,(H2,13,15). The van der Waals surface area contributed by atoms with Crippen molar-refractivity contribution in [3.8, 4) is 0 Å². The Balaban J connectivity index is 3.05. The molecule has 0 saturated carbocycles. The largest absolute Gasteiger partial charge is 0.368 e. The summed E-state index contributed by atoms with van der Waals surface area (Å²) in [7, 11) is -3.36. The fourth-order valence-electron chi connectivity index (χ4n) is 1.41. The maximum Gasteiger partial charge on any atom is 0.234 e. The van der Waals surface area contributed by atoms with E-state index in [2.05, 4.69) is 5.32 Å². The summed E-state index contributed by atoms with van der Waals surface area (Å²) in [6.45, 7) is 1.76. The van der Waals surface area contributed by atoms with Crippen molar-refractivity contribution in [1.29, 1.82) is 0 Å². The Kier molecular flexibility index (Phi) is 4.72. The van der Waals surface area contributed by atoms with Gasteiger partial charge in [-0.05, 0) is 19.1 Å². The van der Waals surface area contributed by atoms with Crippen molar-refractivity contribution in [3.63, 3.8) is 0 Å². The first-order valence-corrected chi connectivity index (χ1v) is 7.50. The predicted molar refractivity (Wildman–Crippen MR) is 70.1 cm³/mol. The molecule has 0 heterocycles. The summed E-state index contributed by atoms with van der Waals surface area (Å²) in [6.07, 6.45) is 1.11. The molecule has 0 aromatic heterocycles. The number of hydrogen-bond acceptors (Lipinski definition) is 4. The lowest BCUT2D eigenvalue weighted by molar-refractivity contribution is -0.119. The highest BCUT2D eigenvalue weighted by atomic mass is 35.5. The normalized spacial score (nSPS) is 13.3. The number of carbonyl (C=O) groups is 1. The van der Waals surface area contributed by atoms with Gasteiger partial charge in [0.2, 0.25) is 5.91 Å². The van der Waals surface area contributed by atoms with Gasteiger partial charge < -0.3 is 11.1 Å². The molecule has 0 radical (unpaired) electrons. The lowest BCUT2D eigenvalue weighted by Gasteiger charge is -2.13. The number of amides is 1. The van der Waals surface area contributed by atoms with E-state index in [1.54, 1.807) is 19.1 Å². The van der Waals surface area contributed by atoms with E-state index in [9.17, 15) is 13.2 Å². The number of hydrogen-bond donors (Lipinski definition) is 2. The number of nitrogens with two attached hydrogens (primary N) is 1. The Hall–Kier alpha value is -1.11. The third-order valence-corrected chi connectivity index (χ3v) is 4.02. The van der Waals surface area contributed by atoms with Gasteiger partial charge >= 0.3 is 0 Å². The van der Waals surface area contributed by atoms with E-state index in [0.29, 0.717) is 10.6 Å². The van der Waals surface area contributed by atoms with Crippen molar-refractivity contribution in [2.75, 3.05) is 6.26 Å². The van der Waals surface area contributed by atoms with Gasteiger partial charge in [0.15, 0.2) is 9.84 Å². The number of sulfone groups is 1. The number of halogens is 1. The Morgan fingerprint density at radius 2 is 2.11 bits per heavy atom. The van der Waals surface area contributed by atoms with Gasteiger partial charge in [0, 0.05) is 23.4 Å². The minimum Gasteiger partial charge on any atom is -0.368 e. The van der Waals surface area contributed by atoms with Crippen LogP contribution in [0, 0.1) is 0 Å². The van der Waals surface area contributed by atoms with Crippen LogP contribution in [-0.4, -0.2) is 26.6 Å². The minimum atomic E-state index is -3.36. The highest BCUT2D eigenvalue weighted by Crippen LogP contribution is 2.23. The van der Waals surface area contributed by atoms with Crippen molar-refractivity contribution < 1.29 is 13.2 Å². The average Bonchev–Trinajstić information content (AvgIpc) is 2.25. The molecule has 3 N–H and O–H groups in total. The van der Waals surface area contributed by atoms with Crippen LogP contribution in [-0.2, 0) is 21.2 Å². The second kappa shape index (κ2) is 5.69. The number of rotatable bonds is 5. The molecule has 0 spiro atoms. The zero-order valence-electron chi connectivity index (χ0n) is 10.1. The topological polar surface area (TPSA) is 89.3 Å². The van der Waals surface area contributed by atoms with Crippen LogP contribution in [0.2, 0.25) is 5.02 Å². The van der Waals surface area contributed by atoms with Crippen molar-refractivity contribution >= 4 is 27.3 Å². The predicted octanol–water partition coefficient (Wildman–Crippen LogP) is 0.707. The molecule has 18 heavy (non-hydrogen) atoms. The van der Waals surface area contributed by atoms with Crippen LogP contribution in [0.5, 0.6) is 0 Å². The summed E-state index contributed by atoms with van der Waals surface area (Å²) in [5.74, 6) is -0.511. The fourth-order valence-corrected chi connectivity index (χ4v) is 2.67. The van der Waals surface area contributed by atoms with Gasteiger partial charge in [0.25, 0.3) is 0 Å². The van der Waals surface area contributed by atoms with Crippen LogP contribution < -0.4 is 11.1 Å². The third kappa shape index (κ3) is 3.69.